The number of nitro groups is 1. The van der Waals surface area contributed by atoms with E-state index < -0.39 is 14.8 Å². The normalized spacial score (nSPS) is 12.0. The van der Waals surface area contributed by atoms with E-state index in [1.165, 1.54) is 30.3 Å². The number of rotatable bonds is 5. The first kappa shape index (κ1) is 19.2. The van der Waals surface area contributed by atoms with Crippen molar-refractivity contribution in [3.8, 4) is 11.5 Å². The van der Waals surface area contributed by atoms with Gasteiger partial charge in [-0.2, -0.15) is 0 Å². The van der Waals surface area contributed by atoms with Gasteiger partial charge in [-0.3, -0.25) is 10.1 Å². The van der Waals surface area contributed by atoms with Gasteiger partial charge in [0.15, 0.2) is 9.84 Å². The van der Waals surface area contributed by atoms with Gasteiger partial charge in [0, 0.05) is 12.1 Å². The maximum Gasteiger partial charge on any atom is 0.271 e. The Labute approximate surface area is 151 Å². The van der Waals surface area contributed by atoms with E-state index in [9.17, 15) is 18.5 Å². The highest BCUT2D eigenvalue weighted by atomic mass is 35.5. The third-order valence-electron chi connectivity index (χ3n) is 3.14. The van der Waals surface area contributed by atoms with Crippen molar-refractivity contribution in [1.29, 1.82) is 0 Å². The van der Waals surface area contributed by atoms with Crippen LogP contribution in [0.25, 0.3) is 0 Å². The highest BCUT2D eigenvalue weighted by molar-refractivity contribution is 7.91. The van der Waals surface area contributed by atoms with E-state index in [1.54, 1.807) is 12.1 Å². The molecule has 0 saturated carbocycles. The van der Waals surface area contributed by atoms with Crippen LogP contribution in [0.3, 0.4) is 0 Å². The molecule has 0 amide bonds. The molecule has 0 aromatic heterocycles. The summed E-state index contributed by atoms with van der Waals surface area (Å²) in [4.78, 5) is 10.3. The van der Waals surface area contributed by atoms with Crippen molar-refractivity contribution >= 4 is 27.1 Å². The van der Waals surface area contributed by atoms with Crippen LogP contribution < -0.4 is 4.74 Å². The molecule has 0 atom stereocenters. The predicted octanol–water partition coefficient (Wildman–Crippen LogP) is 4.86. The molecule has 8 heteroatoms. The van der Waals surface area contributed by atoms with Gasteiger partial charge in [0.05, 0.1) is 20.6 Å². The van der Waals surface area contributed by atoms with E-state index >= 15 is 0 Å². The highest BCUT2D eigenvalue weighted by Crippen LogP contribution is 2.33. The van der Waals surface area contributed by atoms with Gasteiger partial charge >= 0.3 is 0 Å². The number of hydrogen-bond donors (Lipinski definition) is 0. The lowest BCUT2D eigenvalue weighted by atomic mass is 10.0. The van der Waals surface area contributed by atoms with E-state index in [0.717, 1.165) is 0 Å². The zero-order valence-corrected chi connectivity index (χ0v) is 15.6. The summed E-state index contributed by atoms with van der Waals surface area (Å²) in [6.07, 6.45) is 0. The molecule has 0 spiro atoms. The summed E-state index contributed by atoms with van der Waals surface area (Å²) in [5.74, 6) is 0.491. The van der Waals surface area contributed by atoms with Crippen LogP contribution in [-0.2, 0) is 9.84 Å². The van der Waals surface area contributed by atoms with Crippen LogP contribution in [0.2, 0.25) is 5.02 Å². The molecule has 0 heterocycles. The fourth-order valence-corrected chi connectivity index (χ4v) is 4.30. The summed E-state index contributed by atoms with van der Waals surface area (Å²) >= 11 is 5.99. The van der Waals surface area contributed by atoms with Crippen molar-refractivity contribution in [2.75, 3.05) is 5.75 Å². The summed E-state index contributed by atoms with van der Waals surface area (Å²) < 4.78 is 30.6. The van der Waals surface area contributed by atoms with Crippen LogP contribution in [0.5, 0.6) is 11.5 Å². The Hall–Kier alpha value is -2.12. The van der Waals surface area contributed by atoms with E-state index in [-0.39, 0.29) is 38.3 Å². The molecule has 0 aliphatic carbocycles. The lowest BCUT2D eigenvalue weighted by Crippen LogP contribution is -2.20. The largest absolute Gasteiger partial charge is 0.456 e. The molecule has 134 valence electrons. The van der Waals surface area contributed by atoms with Crippen LogP contribution in [0.1, 0.15) is 20.8 Å². The van der Waals surface area contributed by atoms with Gasteiger partial charge in [-0.05, 0) is 29.7 Å². The molecule has 0 aliphatic heterocycles. The molecule has 25 heavy (non-hydrogen) atoms. The number of halogens is 1. The van der Waals surface area contributed by atoms with Crippen LogP contribution in [-0.4, -0.2) is 19.1 Å². The molecule has 0 radical (unpaired) electrons. The fourth-order valence-electron chi connectivity index (χ4n) is 2.20. The van der Waals surface area contributed by atoms with Crippen molar-refractivity contribution in [2.24, 2.45) is 5.41 Å². The number of hydrogen-bond acceptors (Lipinski definition) is 5. The minimum atomic E-state index is -3.46. The molecule has 0 fully saturated rings. The number of nitro benzene ring substituents is 1. The Bertz CT molecular complexity index is 903. The summed E-state index contributed by atoms with van der Waals surface area (Å²) in [7, 11) is -3.46. The number of non-ortho nitro benzene ring substituents is 1. The average Bonchev–Trinajstić information content (AvgIpc) is 2.47. The van der Waals surface area contributed by atoms with Crippen molar-refractivity contribution in [2.45, 2.75) is 25.7 Å². The van der Waals surface area contributed by atoms with Crippen molar-refractivity contribution in [3.63, 3.8) is 0 Å². The molecule has 0 aliphatic rings. The van der Waals surface area contributed by atoms with E-state index in [4.69, 9.17) is 16.3 Å². The van der Waals surface area contributed by atoms with Gasteiger partial charge in [0.1, 0.15) is 11.5 Å². The van der Waals surface area contributed by atoms with Crippen molar-refractivity contribution in [3.05, 3.63) is 57.6 Å². The Morgan fingerprint density at radius 1 is 1.16 bits per heavy atom. The first-order valence-electron chi connectivity index (χ1n) is 7.43. The van der Waals surface area contributed by atoms with Gasteiger partial charge < -0.3 is 4.74 Å². The molecule has 2 aromatic carbocycles. The Morgan fingerprint density at radius 2 is 1.84 bits per heavy atom. The maximum absolute atomic E-state index is 12.5. The third-order valence-corrected chi connectivity index (χ3v) is 5.66. The Morgan fingerprint density at radius 3 is 2.40 bits per heavy atom. The van der Waals surface area contributed by atoms with Crippen molar-refractivity contribution < 1.29 is 18.1 Å². The van der Waals surface area contributed by atoms with E-state index in [2.05, 4.69) is 0 Å². The van der Waals surface area contributed by atoms with Gasteiger partial charge in [-0.1, -0.05) is 38.4 Å². The number of benzene rings is 2. The molecule has 6 nitrogen and oxygen atoms in total. The summed E-state index contributed by atoms with van der Waals surface area (Å²) in [5, 5.41) is 10.8. The van der Waals surface area contributed by atoms with Gasteiger partial charge in [-0.25, -0.2) is 8.42 Å². The van der Waals surface area contributed by atoms with Crippen LogP contribution in [0.4, 0.5) is 5.69 Å². The summed E-state index contributed by atoms with van der Waals surface area (Å²) in [6.45, 7) is 5.55. The highest BCUT2D eigenvalue weighted by Gasteiger charge is 2.24. The Balaban J connectivity index is 2.30. The standard InChI is InChI=1S/C17H18ClNO5S/c1-17(2,3)11-25(22,23)14-6-4-5-13(10-14)24-16-8-7-12(19(20)21)9-15(16)18/h4-10H,11H2,1-3H3. The summed E-state index contributed by atoms with van der Waals surface area (Å²) in [6, 6.07) is 9.90. The van der Waals surface area contributed by atoms with Crippen LogP contribution in [0.15, 0.2) is 47.4 Å². The lowest BCUT2D eigenvalue weighted by Gasteiger charge is -2.18. The molecule has 0 bridgehead atoms. The van der Waals surface area contributed by atoms with Crippen molar-refractivity contribution in [1.82, 2.24) is 0 Å². The third kappa shape index (κ3) is 5.17. The number of nitrogens with zero attached hydrogens (tertiary/aromatic N) is 1. The number of sulfone groups is 1. The second-order valence-electron chi connectivity index (χ2n) is 6.77. The maximum atomic E-state index is 12.5. The summed E-state index contributed by atoms with van der Waals surface area (Å²) in [5.41, 5.74) is -0.531. The molecular weight excluding hydrogens is 366 g/mol. The van der Waals surface area contributed by atoms with Crippen LogP contribution >= 0.6 is 11.6 Å². The molecule has 0 saturated heterocycles. The quantitative estimate of drug-likeness (QED) is 0.543. The zero-order chi connectivity index (χ0) is 18.8. The topological polar surface area (TPSA) is 86.5 Å². The van der Waals surface area contributed by atoms with Gasteiger partial charge in [0.25, 0.3) is 5.69 Å². The van der Waals surface area contributed by atoms with Gasteiger partial charge in [-0.15, -0.1) is 0 Å². The molecule has 0 N–H and O–H groups in total. The first-order chi connectivity index (χ1) is 11.5. The Kier molecular flexibility index (Phi) is 5.39. The smallest absolute Gasteiger partial charge is 0.271 e. The SMILES string of the molecule is CC(C)(C)CS(=O)(=O)c1cccc(Oc2ccc([N+](=O)[O-])cc2Cl)c1. The predicted molar refractivity (Wildman–Crippen MR) is 96.1 cm³/mol. The minimum Gasteiger partial charge on any atom is -0.456 e. The van der Waals surface area contributed by atoms with Gasteiger partial charge in [0.2, 0.25) is 0 Å². The van der Waals surface area contributed by atoms with Crippen LogP contribution in [0, 0.1) is 15.5 Å². The second kappa shape index (κ2) is 7.01. The molecule has 2 rings (SSSR count). The number of ether oxygens (including phenoxy) is 1. The molecular formula is C17H18ClNO5S. The zero-order valence-electron chi connectivity index (χ0n) is 14.0. The monoisotopic (exact) mass is 383 g/mol. The van der Waals surface area contributed by atoms with E-state index in [1.807, 2.05) is 20.8 Å². The fraction of sp³-hybridized carbons (Fsp3) is 0.294. The van der Waals surface area contributed by atoms with E-state index in [0.29, 0.717) is 0 Å². The minimum absolute atomic E-state index is 0.00173. The lowest BCUT2D eigenvalue weighted by molar-refractivity contribution is -0.384. The first-order valence-corrected chi connectivity index (χ1v) is 9.46. The average molecular weight is 384 g/mol. The second-order valence-corrected chi connectivity index (χ2v) is 9.17. The molecule has 0 unspecified atom stereocenters. The molecule has 2 aromatic rings.